The summed E-state index contributed by atoms with van der Waals surface area (Å²) in [5.74, 6) is 0.143. The average molecular weight is 571 g/mol. The molecule has 2 aromatic heterocycles. The number of nitrogens with one attached hydrogen (secondary N) is 3. The van der Waals surface area contributed by atoms with Crippen LogP contribution in [-0.2, 0) is 16.4 Å². The molecule has 41 heavy (non-hydrogen) atoms. The Balaban J connectivity index is 1.33. The van der Waals surface area contributed by atoms with Crippen molar-refractivity contribution in [1.82, 2.24) is 15.0 Å². The quantitative estimate of drug-likeness (QED) is 0.172. The van der Waals surface area contributed by atoms with Gasteiger partial charge < -0.3 is 20.7 Å². The number of nitrogens with zero attached hydrogens (tertiary/aromatic N) is 3. The van der Waals surface area contributed by atoms with Crippen LogP contribution in [0.2, 0.25) is 0 Å². The Kier molecular flexibility index (Phi) is 8.06. The zero-order chi connectivity index (χ0) is 28.8. The van der Waals surface area contributed by atoms with Crippen LogP contribution in [0.4, 0.5) is 38.9 Å². The minimum atomic E-state index is -3.51. The number of pyridine rings is 1. The van der Waals surface area contributed by atoms with Gasteiger partial charge in [-0.25, -0.2) is 17.8 Å². The lowest BCUT2D eigenvalue weighted by Crippen LogP contribution is -2.06. The van der Waals surface area contributed by atoms with E-state index in [1.807, 2.05) is 61.5 Å². The van der Waals surface area contributed by atoms with Crippen molar-refractivity contribution >= 4 is 44.4 Å². The number of ether oxygens (including phenoxy) is 1. The van der Waals surface area contributed by atoms with E-state index in [4.69, 9.17) is 4.74 Å². The topological polar surface area (TPSA) is 118 Å². The molecule has 11 heteroatoms. The van der Waals surface area contributed by atoms with Crippen LogP contribution in [0, 0.1) is 12.7 Å². The summed E-state index contributed by atoms with van der Waals surface area (Å²) in [6, 6.07) is 24.9. The molecule has 0 aliphatic heterocycles. The summed E-state index contributed by atoms with van der Waals surface area (Å²) in [5, 5.41) is 9.15. The number of para-hydroxylation sites is 1. The third-order valence-corrected chi connectivity index (χ3v) is 7.13. The highest BCUT2D eigenvalue weighted by Gasteiger charge is 2.16. The van der Waals surface area contributed by atoms with Crippen molar-refractivity contribution in [3.63, 3.8) is 0 Å². The van der Waals surface area contributed by atoms with Crippen LogP contribution in [0.15, 0.2) is 102 Å². The first-order valence-electron chi connectivity index (χ1n) is 12.6. The maximum absolute atomic E-state index is 14.6. The van der Waals surface area contributed by atoms with Gasteiger partial charge in [-0.15, -0.1) is 0 Å². The highest BCUT2D eigenvalue weighted by molar-refractivity contribution is 7.90. The van der Waals surface area contributed by atoms with E-state index < -0.39 is 15.7 Å². The van der Waals surface area contributed by atoms with Gasteiger partial charge in [0.1, 0.15) is 12.4 Å². The molecular formula is C30H27FN6O3S. The molecular weight excluding hydrogens is 543 g/mol. The van der Waals surface area contributed by atoms with Crippen molar-refractivity contribution in [2.45, 2.75) is 18.4 Å². The Morgan fingerprint density at radius 3 is 2.32 bits per heavy atom. The van der Waals surface area contributed by atoms with E-state index in [1.54, 1.807) is 30.5 Å². The molecule has 0 bridgehead atoms. The van der Waals surface area contributed by atoms with Gasteiger partial charge in [0.05, 0.1) is 22.5 Å². The zero-order valence-corrected chi connectivity index (χ0v) is 23.1. The maximum atomic E-state index is 14.6. The lowest BCUT2D eigenvalue weighted by atomic mass is 10.2. The number of benzene rings is 3. The van der Waals surface area contributed by atoms with Gasteiger partial charge >= 0.3 is 0 Å². The fourth-order valence-electron chi connectivity index (χ4n) is 4.01. The predicted octanol–water partition coefficient (Wildman–Crippen LogP) is 6.53. The molecule has 0 atom stereocenters. The second kappa shape index (κ2) is 12.0. The van der Waals surface area contributed by atoms with Gasteiger partial charge in [-0.1, -0.05) is 24.3 Å². The molecule has 3 N–H and O–H groups in total. The second-order valence-corrected chi connectivity index (χ2v) is 11.2. The Labute approximate surface area is 237 Å². The van der Waals surface area contributed by atoms with E-state index in [0.29, 0.717) is 29.4 Å². The molecule has 5 aromatic rings. The standard InChI is InChI=1S/C30H27FN6O3S/c1-20-16-22(11-13-27(20)40-19-24-10-6-7-15-32-24)35-29-25(31)18-33-30(37-29)36-23-12-14-28(41(2,38)39)26(17-23)34-21-8-4-3-5-9-21/h3-18,34H,19H2,1-2H3,(H2,33,35,36,37). The molecule has 0 aliphatic carbocycles. The number of hydrogen-bond donors (Lipinski definition) is 3. The Hall–Kier alpha value is -5.03. The molecule has 0 spiro atoms. The summed E-state index contributed by atoms with van der Waals surface area (Å²) >= 11 is 0. The number of halogens is 1. The number of aryl methyl sites for hydroxylation is 1. The smallest absolute Gasteiger partial charge is 0.229 e. The molecule has 0 unspecified atom stereocenters. The molecule has 0 amide bonds. The van der Waals surface area contributed by atoms with Crippen LogP contribution in [0.1, 0.15) is 11.3 Å². The molecule has 0 saturated carbocycles. The molecule has 2 heterocycles. The molecule has 0 radical (unpaired) electrons. The van der Waals surface area contributed by atoms with Crippen molar-refractivity contribution in [1.29, 1.82) is 0 Å². The average Bonchev–Trinajstić information content (AvgIpc) is 2.95. The monoisotopic (exact) mass is 570 g/mol. The highest BCUT2D eigenvalue weighted by atomic mass is 32.2. The Morgan fingerprint density at radius 1 is 0.829 bits per heavy atom. The normalized spacial score (nSPS) is 11.1. The fourth-order valence-corrected chi connectivity index (χ4v) is 4.84. The molecule has 0 fully saturated rings. The van der Waals surface area contributed by atoms with E-state index in [1.165, 1.54) is 6.07 Å². The third-order valence-electron chi connectivity index (χ3n) is 5.97. The molecule has 9 nitrogen and oxygen atoms in total. The van der Waals surface area contributed by atoms with Crippen LogP contribution >= 0.6 is 0 Å². The van der Waals surface area contributed by atoms with Crippen molar-refractivity contribution in [3.8, 4) is 5.75 Å². The first-order chi connectivity index (χ1) is 19.7. The molecule has 0 aliphatic rings. The van der Waals surface area contributed by atoms with Gasteiger partial charge in [0, 0.05) is 29.5 Å². The lowest BCUT2D eigenvalue weighted by Gasteiger charge is -2.14. The van der Waals surface area contributed by atoms with Gasteiger partial charge in [-0.3, -0.25) is 4.98 Å². The number of rotatable bonds is 10. The van der Waals surface area contributed by atoms with Crippen LogP contribution < -0.4 is 20.7 Å². The summed E-state index contributed by atoms with van der Waals surface area (Å²) in [6.45, 7) is 2.22. The van der Waals surface area contributed by atoms with Crippen molar-refractivity contribution in [3.05, 3.63) is 114 Å². The largest absolute Gasteiger partial charge is 0.487 e. The van der Waals surface area contributed by atoms with Crippen LogP contribution in [0.3, 0.4) is 0 Å². The first kappa shape index (κ1) is 27.5. The van der Waals surface area contributed by atoms with E-state index >= 15 is 0 Å². The van der Waals surface area contributed by atoms with E-state index in [0.717, 1.165) is 29.4 Å². The maximum Gasteiger partial charge on any atom is 0.229 e. The summed E-state index contributed by atoms with van der Waals surface area (Å²) in [5.41, 5.74) is 3.89. The summed E-state index contributed by atoms with van der Waals surface area (Å²) in [7, 11) is -3.51. The van der Waals surface area contributed by atoms with Crippen LogP contribution in [-0.4, -0.2) is 29.6 Å². The summed E-state index contributed by atoms with van der Waals surface area (Å²) in [6.07, 6.45) is 3.92. The van der Waals surface area contributed by atoms with Crippen LogP contribution in [0.5, 0.6) is 5.75 Å². The van der Waals surface area contributed by atoms with Gasteiger partial charge in [0.25, 0.3) is 0 Å². The van der Waals surface area contributed by atoms with Crippen molar-refractivity contribution in [2.75, 3.05) is 22.2 Å². The highest BCUT2D eigenvalue weighted by Crippen LogP contribution is 2.30. The minimum Gasteiger partial charge on any atom is -0.487 e. The molecule has 208 valence electrons. The van der Waals surface area contributed by atoms with Gasteiger partial charge in [-0.2, -0.15) is 4.98 Å². The Morgan fingerprint density at radius 2 is 1.59 bits per heavy atom. The van der Waals surface area contributed by atoms with Crippen LogP contribution in [0.25, 0.3) is 0 Å². The fraction of sp³-hybridized carbons (Fsp3) is 0.100. The summed E-state index contributed by atoms with van der Waals surface area (Å²) < 4.78 is 45.3. The second-order valence-electron chi connectivity index (χ2n) is 9.20. The van der Waals surface area contributed by atoms with Crippen molar-refractivity contribution < 1.29 is 17.5 Å². The third kappa shape index (κ3) is 7.14. The van der Waals surface area contributed by atoms with E-state index in [9.17, 15) is 12.8 Å². The number of aromatic nitrogens is 3. The van der Waals surface area contributed by atoms with Crippen molar-refractivity contribution in [2.24, 2.45) is 0 Å². The predicted molar refractivity (Wildman–Crippen MR) is 158 cm³/mol. The molecule has 5 rings (SSSR count). The summed E-state index contributed by atoms with van der Waals surface area (Å²) in [4.78, 5) is 12.7. The zero-order valence-electron chi connectivity index (χ0n) is 22.3. The number of sulfone groups is 1. The minimum absolute atomic E-state index is 0.0283. The number of anilines is 6. The van der Waals surface area contributed by atoms with E-state index in [2.05, 4.69) is 30.9 Å². The SMILES string of the molecule is Cc1cc(Nc2nc(Nc3ccc(S(C)(=O)=O)c(Nc4ccccc4)c3)ncc2F)ccc1OCc1ccccn1. The van der Waals surface area contributed by atoms with Gasteiger partial charge in [-0.05, 0) is 73.2 Å². The van der Waals surface area contributed by atoms with Gasteiger partial charge in [0.15, 0.2) is 21.5 Å². The molecule has 0 saturated heterocycles. The number of hydrogen-bond acceptors (Lipinski definition) is 9. The molecule has 3 aromatic carbocycles. The lowest BCUT2D eigenvalue weighted by molar-refractivity contribution is 0.299. The Bertz CT molecular complexity index is 1770. The first-order valence-corrected chi connectivity index (χ1v) is 14.5. The van der Waals surface area contributed by atoms with E-state index in [-0.39, 0.29) is 16.7 Å². The van der Waals surface area contributed by atoms with Gasteiger partial charge in [0.2, 0.25) is 5.95 Å².